The second kappa shape index (κ2) is 10.4. The molecule has 1 heterocycles. The van der Waals surface area contributed by atoms with E-state index in [4.69, 9.17) is 15.2 Å². The molecular formula is C25H33N3O4. The number of para-hydroxylation sites is 1. The summed E-state index contributed by atoms with van der Waals surface area (Å²) < 4.78 is 11.1. The third kappa shape index (κ3) is 6.64. The molecule has 172 valence electrons. The first-order chi connectivity index (χ1) is 15.2. The molecule has 2 amide bonds. The highest BCUT2D eigenvalue weighted by Gasteiger charge is 2.33. The van der Waals surface area contributed by atoms with Gasteiger partial charge in [0.05, 0.1) is 6.54 Å². The highest BCUT2D eigenvalue weighted by molar-refractivity contribution is 5.70. The Balaban J connectivity index is 1.62. The van der Waals surface area contributed by atoms with E-state index in [0.717, 1.165) is 11.1 Å². The lowest BCUT2D eigenvalue weighted by Gasteiger charge is -2.38. The molecule has 2 aromatic rings. The number of anilines is 1. The number of nitrogen functional groups attached to an aromatic ring is 1. The molecule has 2 N–H and O–H groups in total. The molecule has 7 heteroatoms. The van der Waals surface area contributed by atoms with Crippen LogP contribution in [0.5, 0.6) is 0 Å². The molecule has 0 radical (unpaired) electrons. The number of hydrogen-bond acceptors (Lipinski definition) is 5. The van der Waals surface area contributed by atoms with Crippen LogP contribution in [0.2, 0.25) is 0 Å². The number of piperidine rings is 1. The van der Waals surface area contributed by atoms with E-state index >= 15 is 0 Å². The van der Waals surface area contributed by atoms with Crippen LogP contribution in [0.4, 0.5) is 15.3 Å². The Hall–Kier alpha value is -3.22. The number of carbonyl (C=O) groups is 2. The van der Waals surface area contributed by atoms with Crippen LogP contribution in [0.25, 0.3) is 0 Å². The van der Waals surface area contributed by atoms with Gasteiger partial charge in [-0.15, -0.1) is 0 Å². The predicted molar refractivity (Wildman–Crippen MR) is 124 cm³/mol. The van der Waals surface area contributed by atoms with Gasteiger partial charge >= 0.3 is 12.2 Å². The minimum Gasteiger partial charge on any atom is -0.445 e. The summed E-state index contributed by atoms with van der Waals surface area (Å²) in [5.41, 5.74) is 7.99. The second-order valence-electron chi connectivity index (χ2n) is 9.07. The summed E-state index contributed by atoms with van der Waals surface area (Å²) in [6.07, 6.45) is 0.591. The van der Waals surface area contributed by atoms with Crippen molar-refractivity contribution in [3.05, 3.63) is 65.7 Å². The van der Waals surface area contributed by atoms with Crippen molar-refractivity contribution in [1.29, 1.82) is 0 Å². The summed E-state index contributed by atoms with van der Waals surface area (Å²) in [5, 5.41) is 0. The molecule has 7 nitrogen and oxygen atoms in total. The van der Waals surface area contributed by atoms with Crippen molar-refractivity contribution in [2.24, 2.45) is 0 Å². The van der Waals surface area contributed by atoms with E-state index in [1.54, 1.807) is 9.80 Å². The van der Waals surface area contributed by atoms with E-state index in [9.17, 15) is 9.59 Å². The quantitative estimate of drug-likeness (QED) is 0.676. The van der Waals surface area contributed by atoms with Crippen LogP contribution in [0.1, 0.15) is 44.7 Å². The van der Waals surface area contributed by atoms with Crippen molar-refractivity contribution in [3.8, 4) is 0 Å². The van der Waals surface area contributed by atoms with Crippen LogP contribution in [0.15, 0.2) is 54.6 Å². The zero-order valence-electron chi connectivity index (χ0n) is 19.1. The number of amides is 2. The van der Waals surface area contributed by atoms with Gasteiger partial charge < -0.3 is 25.0 Å². The Bertz CT molecular complexity index is 903. The molecule has 0 unspecified atom stereocenters. The maximum atomic E-state index is 13.0. The lowest BCUT2D eigenvalue weighted by atomic mass is 10.0. The van der Waals surface area contributed by atoms with E-state index < -0.39 is 5.60 Å². The van der Waals surface area contributed by atoms with Gasteiger partial charge in [-0.25, -0.2) is 9.59 Å². The van der Waals surface area contributed by atoms with Gasteiger partial charge in [0.2, 0.25) is 0 Å². The molecule has 0 aliphatic carbocycles. The molecule has 1 fully saturated rings. The summed E-state index contributed by atoms with van der Waals surface area (Å²) in [4.78, 5) is 28.9. The minimum absolute atomic E-state index is 0.0531. The molecule has 3 rings (SSSR count). The molecule has 0 spiro atoms. The second-order valence-corrected chi connectivity index (χ2v) is 9.07. The number of hydrogen-bond donors (Lipinski definition) is 1. The molecule has 1 aliphatic rings. The topological polar surface area (TPSA) is 85.1 Å². The number of nitrogens with two attached hydrogens (primary N) is 1. The summed E-state index contributed by atoms with van der Waals surface area (Å²) in [6, 6.07) is 17.1. The Morgan fingerprint density at radius 1 is 1.03 bits per heavy atom. The standard InChI is InChI=1S/C25H33N3O4/c1-25(2,3)32-24(30)28(17-20-11-7-8-12-22(20)26)21-13-15-27(16-14-21)23(29)31-18-19-9-5-4-6-10-19/h4-12,21H,13-18,26H2,1-3H3. The van der Waals surface area contributed by atoms with Gasteiger partial charge in [0.25, 0.3) is 0 Å². The van der Waals surface area contributed by atoms with Gasteiger partial charge in [-0.05, 0) is 50.8 Å². The van der Waals surface area contributed by atoms with Gasteiger partial charge in [-0.2, -0.15) is 0 Å². The molecule has 1 aliphatic heterocycles. The summed E-state index contributed by atoms with van der Waals surface area (Å²) in [5.74, 6) is 0. The molecule has 1 saturated heterocycles. The molecule has 0 bridgehead atoms. The average Bonchev–Trinajstić information content (AvgIpc) is 2.76. The smallest absolute Gasteiger partial charge is 0.410 e. The fourth-order valence-corrected chi connectivity index (χ4v) is 3.70. The van der Waals surface area contributed by atoms with Gasteiger partial charge in [0.15, 0.2) is 0 Å². The maximum Gasteiger partial charge on any atom is 0.410 e. The largest absolute Gasteiger partial charge is 0.445 e. The zero-order valence-corrected chi connectivity index (χ0v) is 19.1. The summed E-state index contributed by atoms with van der Waals surface area (Å²) >= 11 is 0. The van der Waals surface area contributed by atoms with Crippen LogP contribution in [-0.4, -0.2) is 46.7 Å². The Morgan fingerprint density at radius 2 is 1.66 bits per heavy atom. The van der Waals surface area contributed by atoms with Crippen molar-refractivity contribution in [2.45, 2.75) is 58.4 Å². The van der Waals surface area contributed by atoms with Crippen molar-refractivity contribution >= 4 is 17.9 Å². The number of ether oxygens (including phenoxy) is 2. The van der Waals surface area contributed by atoms with Crippen molar-refractivity contribution < 1.29 is 19.1 Å². The van der Waals surface area contributed by atoms with E-state index in [0.29, 0.717) is 38.2 Å². The summed E-state index contributed by atoms with van der Waals surface area (Å²) in [6.45, 7) is 7.20. The Labute approximate surface area is 190 Å². The Kier molecular flexibility index (Phi) is 7.62. The average molecular weight is 440 g/mol. The molecule has 0 aromatic heterocycles. The van der Waals surface area contributed by atoms with Crippen molar-refractivity contribution in [2.75, 3.05) is 18.8 Å². The molecule has 32 heavy (non-hydrogen) atoms. The fourth-order valence-electron chi connectivity index (χ4n) is 3.70. The van der Waals surface area contributed by atoms with Crippen molar-refractivity contribution in [3.63, 3.8) is 0 Å². The Morgan fingerprint density at radius 3 is 2.28 bits per heavy atom. The molecular weight excluding hydrogens is 406 g/mol. The lowest BCUT2D eigenvalue weighted by Crippen LogP contribution is -2.49. The van der Waals surface area contributed by atoms with E-state index in [1.165, 1.54) is 0 Å². The van der Waals surface area contributed by atoms with Crippen molar-refractivity contribution in [1.82, 2.24) is 9.80 Å². The molecule has 0 saturated carbocycles. The normalized spacial score (nSPS) is 14.7. The highest BCUT2D eigenvalue weighted by atomic mass is 16.6. The molecule has 0 atom stereocenters. The van der Waals surface area contributed by atoms with E-state index in [1.807, 2.05) is 75.4 Å². The SMILES string of the molecule is CC(C)(C)OC(=O)N(Cc1ccccc1N)C1CCN(C(=O)OCc2ccccc2)CC1. The first-order valence-electron chi connectivity index (χ1n) is 11.0. The third-order valence-electron chi connectivity index (χ3n) is 5.39. The molecule has 2 aromatic carbocycles. The minimum atomic E-state index is -0.598. The van der Waals surface area contributed by atoms with Crippen LogP contribution in [0, 0.1) is 0 Å². The summed E-state index contributed by atoms with van der Waals surface area (Å²) in [7, 11) is 0. The van der Waals surface area contributed by atoms with Gasteiger partial charge in [-0.3, -0.25) is 0 Å². The predicted octanol–water partition coefficient (Wildman–Crippen LogP) is 4.81. The van der Waals surface area contributed by atoms with E-state index in [2.05, 4.69) is 0 Å². The number of rotatable bonds is 5. The maximum absolute atomic E-state index is 13.0. The number of carbonyl (C=O) groups excluding carboxylic acids is 2. The van der Waals surface area contributed by atoms with Crippen LogP contribution in [0.3, 0.4) is 0 Å². The van der Waals surface area contributed by atoms with Crippen LogP contribution >= 0.6 is 0 Å². The first kappa shape index (κ1) is 23.4. The third-order valence-corrected chi connectivity index (χ3v) is 5.39. The number of benzene rings is 2. The fraction of sp³-hybridized carbons (Fsp3) is 0.440. The van der Waals surface area contributed by atoms with Crippen LogP contribution in [-0.2, 0) is 22.6 Å². The van der Waals surface area contributed by atoms with Crippen LogP contribution < -0.4 is 5.73 Å². The zero-order chi connectivity index (χ0) is 23.1. The number of likely N-dealkylation sites (tertiary alicyclic amines) is 1. The van der Waals surface area contributed by atoms with Gasteiger partial charge in [0, 0.05) is 24.8 Å². The van der Waals surface area contributed by atoms with Gasteiger partial charge in [-0.1, -0.05) is 48.5 Å². The lowest BCUT2D eigenvalue weighted by molar-refractivity contribution is 0.00547. The highest BCUT2D eigenvalue weighted by Crippen LogP contribution is 2.24. The monoisotopic (exact) mass is 439 g/mol. The van der Waals surface area contributed by atoms with E-state index in [-0.39, 0.29) is 24.8 Å². The first-order valence-corrected chi connectivity index (χ1v) is 11.0. The van der Waals surface area contributed by atoms with Gasteiger partial charge in [0.1, 0.15) is 12.2 Å². The number of nitrogens with zero attached hydrogens (tertiary/aromatic N) is 2.